The van der Waals surface area contributed by atoms with Crippen LogP contribution in [-0.2, 0) is 32.2 Å². The summed E-state index contributed by atoms with van der Waals surface area (Å²) in [7, 11) is 0. The van der Waals surface area contributed by atoms with Gasteiger partial charge in [0.1, 0.15) is 0 Å². The molecule has 0 unspecified atom stereocenters. The van der Waals surface area contributed by atoms with Crippen LogP contribution in [0, 0.1) is 5.92 Å². The Kier molecular flexibility index (Phi) is 7.57. The predicted molar refractivity (Wildman–Crippen MR) is 92.4 cm³/mol. The van der Waals surface area contributed by atoms with Gasteiger partial charge in [-0.2, -0.15) is 13.2 Å². The summed E-state index contributed by atoms with van der Waals surface area (Å²) < 4.78 is 41.3. The van der Waals surface area contributed by atoms with Gasteiger partial charge in [-0.15, -0.1) is 0 Å². The van der Waals surface area contributed by atoms with E-state index in [4.69, 9.17) is 15.6 Å². The molecule has 3 rings (SSSR count). The van der Waals surface area contributed by atoms with Crippen molar-refractivity contribution in [2.45, 2.75) is 38.1 Å². The van der Waals surface area contributed by atoms with Gasteiger partial charge in [-0.25, -0.2) is 9.59 Å². The third kappa shape index (κ3) is 6.43. The van der Waals surface area contributed by atoms with Crippen molar-refractivity contribution in [2.75, 3.05) is 13.2 Å². The molecule has 1 amide bonds. The van der Waals surface area contributed by atoms with Crippen LogP contribution in [0.2, 0.25) is 0 Å². The van der Waals surface area contributed by atoms with Gasteiger partial charge in [0.25, 0.3) is 0 Å². The number of hydrogen-bond donors (Lipinski definition) is 2. The molecule has 1 saturated heterocycles. The number of nitrogens with two attached hydrogens (primary N) is 1. The second-order valence-corrected chi connectivity index (χ2v) is 6.59. The van der Waals surface area contributed by atoms with Crippen molar-refractivity contribution in [1.29, 1.82) is 0 Å². The number of carboxylic acid groups (broad SMARTS) is 1. The van der Waals surface area contributed by atoms with Crippen LogP contribution in [0.4, 0.5) is 18.0 Å². The SMILES string of the molecule is N[C@H](C(=O)N1Cc2ccccc2C1)C1CCOCC1.O=C(O)OC(=O)C(F)(F)F. The first-order valence-corrected chi connectivity index (χ1v) is 8.80. The van der Waals surface area contributed by atoms with Crippen molar-refractivity contribution in [3.8, 4) is 0 Å². The summed E-state index contributed by atoms with van der Waals surface area (Å²) in [6.45, 7) is 2.86. The fourth-order valence-corrected chi connectivity index (χ4v) is 3.11. The summed E-state index contributed by atoms with van der Waals surface area (Å²) in [5.41, 5.74) is 8.65. The molecule has 3 N–H and O–H groups in total. The van der Waals surface area contributed by atoms with Crippen LogP contribution in [0.25, 0.3) is 0 Å². The first-order chi connectivity index (χ1) is 13.6. The lowest BCUT2D eigenvalue weighted by molar-refractivity contribution is -0.194. The highest BCUT2D eigenvalue weighted by Crippen LogP contribution is 2.25. The fraction of sp³-hybridized carbons (Fsp3) is 0.500. The van der Waals surface area contributed by atoms with E-state index < -0.39 is 18.3 Å². The minimum absolute atomic E-state index is 0.0862. The van der Waals surface area contributed by atoms with Crippen LogP contribution in [0.15, 0.2) is 24.3 Å². The molecule has 1 fully saturated rings. The Morgan fingerprint density at radius 3 is 2.07 bits per heavy atom. The monoisotopic (exact) mass is 418 g/mol. The highest BCUT2D eigenvalue weighted by molar-refractivity contribution is 5.84. The molecular formula is C18H21F3N2O6. The molecule has 160 valence electrons. The third-order valence-corrected chi connectivity index (χ3v) is 4.62. The van der Waals surface area contributed by atoms with Gasteiger partial charge < -0.3 is 25.2 Å². The van der Waals surface area contributed by atoms with Gasteiger partial charge in [0.15, 0.2) is 0 Å². The van der Waals surface area contributed by atoms with Gasteiger partial charge in [-0.3, -0.25) is 4.79 Å². The summed E-state index contributed by atoms with van der Waals surface area (Å²) in [5, 5.41) is 7.50. The first-order valence-electron chi connectivity index (χ1n) is 8.80. The van der Waals surface area contributed by atoms with E-state index in [0.717, 1.165) is 26.1 Å². The topological polar surface area (TPSA) is 119 Å². The Bertz CT molecular complexity index is 724. The molecule has 0 bridgehead atoms. The lowest BCUT2D eigenvalue weighted by Gasteiger charge is -2.29. The number of rotatable bonds is 2. The maximum absolute atomic E-state index is 12.5. The molecule has 1 aromatic carbocycles. The number of carbonyl (C=O) groups excluding carboxylic acids is 2. The molecular weight excluding hydrogens is 397 g/mol. The summed E-state index contributed by atoms with van der Waals surface area (Å²) in [4.78, 5) is 33.2. The Morgan fingerprint density at radius 1 is 1.14 bits per heavy atom. The van der Waals surface area contributed by atoms with Crippen LogP contribution in [-0.4, -0.2) is 53.5 Å². The van der Waals surface area contributed by atoms with E-state index in [9.17, 15) is 27.6 Å². The van der Waals surface area contributed by atoms with Crippen LogP contribution < -0.4 is 5.73 Å². The summed E-state index contributed by atoms with van der Waals surface area (Å²) in [5.74, 6) is -2.38. The zero-order valence-corrected chi connectivity index (χ0v) is 15.4. The molecule has 2 aliphatic rings. The highest BCUT2D eigenvalue weighted by Gasteiger charge is 2.42. The summed E-state index contributed by atoms with van der Waals surface area (Å²) in [6, 6.07) is 7.83. The Hall–Kier alpha value is -2.66. The molecule has 0 radical (unpaired) electrons. The zero-order chi connectivity index (χ0) is 21.6. The third-order valence-electron chi connectivity index (χ3n) is 4.62. The van der Waals surface area contributed by atoms with Crippen molar-refractivity contribution in [2.24, 2.45) is 11.7 Å². The van der Waals surface area contributed by atoms with Gasteiger partial charge in [-0.05, 0) is 29.9 Å². The molecule has 1 atom stereocenters. The molecule has 11 heteroatoms. The molecule has 0 aliphatic carbocycles. The number of carbonyl (C=O) groups is 3. The molecule has 0 saturated carbocycles. The number of alkyl halides is 3. The van der Waals surface area contributed by atoms with E-state index in [-0.39, 0.29) is 17.9 Å². The smallest absolute Gasteiger partial charge is 0.449 e. The van der Waals surface area contributed by atoms with E-state index >= 15 is 0 Å². The lowest BCUT2D eigenvalue weighted by atomic mass is 9.91. The maximum atomic E-state index is 12.5. The first kappa shape index (κ1) is 22.6. The molecule has 8 nitrogen and oxygen atoms in total. The Morgan fingerprint density at radius 2 is 1.66 bits per heavy atom. The van der Waals surface area contributed by atoms with E-state index in [1.807, 2.05) is 17.0 Å². The van der Waals surface area contributed by atoms with Crippen molar-refractivity contribution in [3.05, 3.63) is 35.4 Å². The zero-order valence-electron chi connectivity index (χ0n) is 15.4. The molecule has 0 spiro atoms. The second-order valence-electron chi connectivity index (χ2n) is 6.59. The minimum atomic E-state index is -5.25. The van der Waals surface area contributed by atoms with Gasteiger partial charge in [0.2, 0.25) is 5.91 Å². The minimum Gasteiger partial charge on any atom is -0.449 e. The standard InChI is InChI=1S/C15H20N2O2.C3HF3O4/c16-14(11-5-7-19-8-6-11)15(18)17-9-12-3-1-2-4-13(12)10-17;4-3(5,6)1(7)10-2(8)9/h1-4,11,14H,5-10,16H2;(H,8,9)/t14-;/m0./s1. The highest BCUT2D eigenvalue weighted by atomic mass is 19.4. The number of nitrogens with zero attached hydrogens (tertiary/aromatic N) is 1. The maximum Gasteiger partial charge on any atom is 0.513 e. The average Bonchev–Trinajstić information content (AvgIpc) is 3.11. The van der Waals surface area contributed by atoms with E-state index in [0.29, 0.717) is 13.1 Å². The lowest BCUT2D eigenvalue weighted by Crippen LogP contribution is -2.47. The Balaban J connectivity index is 0.000000257. The second kappa shape index (κ2) is 9.70. The van der Waals surface area contributed by atoms with Gasteiger partial charge in [-0.1, -0.05) is 24.3 Å². The van der Waals surface area contributed by atoms with Crippen LogP contribution >= 0.6 is 0 Å². The van der Waals surface area contributed by atoms with Gasteiger partial charge in [0, 0.05) is 26.3 Å². The molecule has 0 aromatic heterocycles. The number of benzene rings is 1. The van der Waals surface area contributed by atoms with Crippen molar-refractivity contribution < 1.29 is 42.1 Å². The van der Waals surface area contributed by atoms with E-state index in [1.54, 1.807) is 0 Å². The van der Waals surface area contributed by atoms with Crippen molar-refractivity contribution in [1.82, 2.24) is 4.90 Å². The normalized spacial score (nSPS) is 17.6. The number of hydrogen-bond acceptors (Lipinski definition) is 6. The largest absolute Gasteiger partial charge is 0.513 e. The summed E-state index contributed by atoms with van der Waals surface area (Å²) >= 11 is 0. The van der Waals surface area contributed by atoms with Crippen molar-refractivity contribution >= 4 is 18.0 Å². The quantitative estimate of drug-likeness (QED) is 0.557. The van der Waals surface area contributed by atoms with Crippen LogP contribution in [0.1, 0.15) is 24.0 Å². The van der Waals surface area contributed by atoms with E-state index in [2.05, 4.69) is 16.9 Å². The average molecular weight is 418 g/mol. The van der Waals surface area contributed by atoms with Gasteiger partial charge in [0.05, 0.1) is 6.04 Å². The number of halogens is 3. The van der Waals surface area contributed by atoms with Crippen LogP contribution in [0.5, 0.6) is 0 Å². The van der Waals surface area contributed by atoms with Crippen molar-refractivity contribution in [3.63, 3.8) is 0 Å². The van der Waals surface area contributed by atoms with Gasteiger partial charge >= 0.3 is 18.3 Å². The molecule has 2 aliphatic heterocycles. The Labute approximate surface area is 164 Å². The number of ether oxygens (including phenoxy) is 2. The molecule has 29 heavy (non-hydrogen) atoms. The number of fused-ring (bicyclic) bond motifs is 1. The molecule has 2 heterocycles. The summed E-state index contributed by atoms with van der Waals surface area (Å²) in [6.07, 6.45) is -5.73. The van der Waals surface area contributed by atoms with E-state index in [1.165, 1.54) is 11.1 Å². The number of amides is 1. The fourth-order valence-electron chi connectivity index (χ4n) is 3.11. The predicted octanol–water partition coefficient (Wildman–Crippen LogP) is 2.05. The molecule has 1 aromatic rings. The van der Waals surface area contributed by atoms with Crippen LogP contribution in [0.3, 0.4) is 0 Å². The number of esters is 1.